The molecule has 1 rings (SSSR count). The van der Waals surface area contributed by atoms with Gasteiger partial charge >= 0.3 is 0 Å². The third-order valence-electron chi connectivity index (χ3n) is 1.75. The number of nitrogens with zero attached hydrogens (tertiary/aromatic N) is 2. The van der Waals surface area contributed by atoms with Gasteiger partial charge in [-0.25, -0.2) is 0 Å². The van der Waals surface area contributed by atoms with E-state index < -0.39 is 0 Å². The summed E-state index contributed by atoms with van der Waals surface area (Å²) in [5.41, 5.74) is 0. The fourth-order valence-electron chi connectivity index (χ4n) is 0.890. The highest BCUT2D eigenvalue weighted by atomic mass is 32.2. The number of aliphatic hydroxyl groups excluding tert-OH is 1. The average Bonchev–Trinajstić information content (AvgIpc) is 2.65. The Hall–Kier alpha value is -0.550. The summed E-state index contributed by atoms with van der Waals surface area (Å²) in [6, 6.07) is 0. The van der Waals surface area contributed by atoms with E-state index in [0.29, 0.717) is 17.7 Å². The molecule has 1 aromatic rings. The third-order valence-corrected chi connectivity index (χ3v) is 3.01. The van der Waals surface area contributed by atoms with Gasteiger partial charge in [-0.2, -0.15) is 11.8 Å². The van der Waals surface area contributed by atoms with Crippen molar-refractivity contribution in [3.05, 3.63) is 11.8 Å². The molecule has 0 radical (unpaired) electrons. The van der Waals surface area contributed by atoms with Crippen molar-refractivity contribution in [3.63, 3.8) is 0 Å². The van der Waals surface area contributed by atoms with E-state index in [9.17, 15) is 0 Å². The van der Waals surface area contributed by atoms with Gasteiger partial charge in [-0.1, -0.05) is 13.8 Å². The highest BCUT2D eigenvalue weighted by Crippen LogP contribution is 2.14. The van der Waals surface area contributed by atoms with Crippen molar-refractivity contribution in [1.29, 1.82) is 0 Å². The third kappa shape index (κ3) is 3.67. The van der Waals surface area contributed by atoms with Gasteiger partial charge in [0, 0.05) is 13.0 Å². The fraction of sp³-hybridized carbons (Fsp3) is 0.778. The summed E-state index contributed by atoms with van der Waals surface area (Å²) >= 11 is 1.71. The Bertz CT molecular complexity index is 265. The van der Waals surface area contributed by atoms with E-state index in [-0.39, 0.29) is 6.61 Å². The molecule has 0 aromatic carbocycles. The normalized spacial score (nSPS) is 13.1. The van der Waals surface area contributed by atoms with Gasteiger partial charge < -0.3 is 9.52 Å². The maximum atomic E-state index is 8.81. The molecule has 0 bridgehead atoms. The zero-order valence-corrected chi connectivity index (χ0v) is 9.38. The molecule has 0 fully saturated rings. The van der Waals surface area contributed by atoms with Crippen LogP contribution in [0.1, 0.15) is 25.6 Å². The van der Waals surface area contributed by atoms with Crippen LogP contribution in [0.25, 0.3) is 0 Å². The minimum Gasteiger partial charge on any atom is -0.424 e. The molecule has 0 aliphatic heterocycles. The summed E-state index contributed by atoms with van der Waals surface area (Å²) < 4.78 is 5.34. The molecule has 80 valence electrons. The first-order chi connectivity index (χ1) is 6.76. The molecule has 0 saturated heterocycles. The number of aliphatic hydroxyl groups is 1. The van der Waals surface area contributed by atoms with Crippen LogP contribution < -0.4 is 0 Å². The van der Waals surface area contributed by atoms with E-state index in [2.05, 4.69) is 10.2 Å². The smallest absolute Gasteiger partial charge is 0.226 e. The van der Waals surface area contributed by atoms with E-state index in [4.69, 9.17) is 9.52 Å². The van der Waals surface area contributed by atoms with Gasteiger partial charge in [0.1, 0.15) is 0 Å². The van der Waals surface area contributed by atoms with Crippen molar-refractivity contribution in [2.75, 3.05) is 12.4 Å². The number of rotatable bonds is 6. The monoisotopic (exact) mass is 216 g/mol. The Morgan fingerprint density at radius 1 is 1.43 bits per heavy atom. The molecular weight excluding hydrogens is 200 g/mol. The van der Waals surface area contributed by atoms with Crippen LogP contribution in [0.2, 0.25) is 0 Å². The Labute approximate surface area is 88.1 Å². The van der Waals surface area contributed by atoms with Crippen molar-refractivity contribution in [2.24, 2.45) is 5.92 Å². The van der Waals surface area contributed by atoms with Gasteiger partial charge in [-0.05, 0) is 11.7 Å². The average molecular weight is 216 g/mol. The topological polar surface area (TPSA) is 59.2 Å². The Kier molecular flexibility index (Phi) is 4.97. The predicted molar refractivity (Wildman–Crippen MR) is 56.1 cm³/mol. The molecule has 14 heavy (non-hydrogen) atoms. The maximum absolute atomic E-state index is 8.81. The van der Waals surface area contributed by atoms with Gasteiger partial charge in [-0.3, -0.25) is 0 Å². The van der Waals surface area contributed by atoms with E-state index in [0.717, 1.165) is 17.9 Å². The fourth-order valence-corrected chi connectivity index (χ4v) is 1.81. The summed E-state index contributed by atoms with van der Waals surface area (Å²) in [7, 11) is 0. The number of thioether (sulfide) groups is 1. The molecule has 0 spiro atoms. The molecule has 0 aliphatic rings. The van der Waals surface area contributed by atoms with Crippen LogP contribution in [0.4, 0.5) is 0 Å². The Balaban J connectivity index is 2.24. The van der Waals surface area contributed by atoms with Crippen LogP contribution in [0.5, 0.6) is 0 Å². The highest BCUT2D eigenvalue weighted by molar-refractivity contribution is 7.98. The molecule has 1 aromatic heterocycles. The zero-order chi connectivity index (χ0) is 10.4. The van der Waals surface area contributed by atoms with Crippen LogP contribution in [0, 0.1) is 5.92 Å². The van der Waals surface area contributed by atoms with Gasteiger partial charge in [0.05, 0.1) is 5.75 Å². The second-order valence-electron chi connectivity index (χ2n) is 3.25. The summed E-state index contributed by atoms with van der Waals surface area (Å²) in [6.07, 6.45) is 0.782. The van der Waals surface area contributed by atoms with Crippen LogP contribution >= 0.6 is 11.8 Å². The lowest BCUT2D eigenvalue weighted by Crippen LogP contribution is -2.03. The first-order valence-electron chi connectivity index (χ1n) is 4.76. The Morgan fingerprint density at radius 2 is 2.14 bits per heavy atom. The van der Waals surface area contributed by atoms with E-state index in [1.807, 2.05) is 13.8 Å². The zero-order valence-electron chi connectivity index (χ0n) is 8.56. The quantitative estimate of drug-likeness (QED) is 0.780. The lowest BCUT2D eigenvalue weighted by Gasteiger charge is -2.04. The van der Waals surface area contributed by atoms with Crippen molar-refractivity contribution in [3.8, 4) is 0 Å². The molecule has 1 N–H and O–H groups in total. The number of aromatic nitrogens is 2. The van der Waals surface area contributed by atoms with Crippen LogP contribution in [-0.4, -0.2) is 27.7 Å². The largest absolute Gasteiger partial charge is 0.424 e. The number of hydrogen-bond acceptors (Lipinski definition) is 5. The number of aryl methyl sites for hydroxylation is 1. The molecule has 0 amide bonds. The standard InChI is InChI=1S/C9H16N2O2S/c1-3-8-10-11-9(13-8)6-14-5-7(2)4-12/h7,12H,3-6H2,1-2H3. The summed E-state index contributed by atoms with van der Waals surface area (Å²) in [5.74, 6) is 3.35. The molecule has 0 aliphatic carbocycles. The minimum atomic E-state index is 0.233. The molecule has 1 heterocycles. The molecule has 1 atom stereocenters. The van der Waals surface area contributed by atoms with Crippen molar-refractivity contribution < 1.29 is 9.52 Å². The molecule has 0 saturated carbocycles. The lowest BCUT2D eigenvalue weighted by atomic mass is 10.2. The van der Waals surface area contributed by atoms with Crippen LogP contribution in [0.15, 0.2) is 4.42 Å². The summed E-state index contributed by atoms with van der Waals surface area (Å²) in [6.45, 7) is 4.23. The maximum Gasteiger partial charge on any atom is 0.226 e. The molecule has 4 nitrogen and oxygen atoms in total. The van der Waals surface area contributed by atoms with Crippen molar-refractivity contribution in [1.82, 2.24) is 10.2 Å². The van der Waals surface area contributed by atoms with E-state index in [1.165, 1.54) is 0 Å². The van der Waals surface area contributed by atoms with Crippen LogP contribution in [0.3, 0.4) is 0 Å². The highest BCUT2D eigenvalue weighted by Gasteiger charge is 2.05. The number of hydrogen-bond donors (Lipinski definition) is 1. The first-order valence-corrected chi connectivity index (χ1v) is 5.91. The first kappa shape index (κ1) is 11.5. The SMILES string of the molecule is CCc1nnc(CSCC(C)CO)o1. The second kappa shape index (κ2) is 6.03. The van der Waals surface area contributed by atoms with Gasteiger partial charge in [0.2, 0.25) is 11.8 Å². The lowest BCUT2D eigenvalue weighted by molar-refractivity contribution is 0.250. The van der Waals surface area contributed by atoms with Crippen LogP contribution in [-0.2, 0) is 12.2 Å². The summed E-state index contributed by atoms with van der Waals surface area (Å²) in [5, 5.41) is 16.6. The van der Waals surface area contributed by atoms with E-state index in [1.54, 1.807) is 11.8 Å². The molecule has 5 heteroatoms. The Morgan fingerprint density at radius 3 is 2.71 bits per heavy atom. The predicted octanol–water partition coefficient (Wildman–Crippen LogP) is 1.49. The second-order valence-corrected chi connectivity index (χ2v) is 4.28. The minimum absolute atomic E-state index is 0.233. The van der Waals surface area contributed by atoms with Gasteiger partial charge in [0.15, 0.2) is 0 Å². The van der Waals surface area contributed by atoms with Crippen molar-refractivity contribution >= 4 is 11.8 Å². The van der Waals surface area contributed by atoms with Gasteiger partial charge in [-0.15, -0.1) is 10.2 Å². The van der Waals surface area contributed by atoms with Crippen molar-refractivity contribution in [2.45, 2.75) is 26.0 Å². The summed E-state index contributed by atoms with van der Waals surface area (Å²) in [4.78, 5) is 0. The van der Waals surface area contributed by atoms with Gasteiger partial charge in [0.25, 0.3) is 0 Å². The molecule has 1 unspecified atom stereocenters. The molecular formula is C9H16N2O2S. The van der Waals surface area contributed by atoms with E-state index >= 15 is 0 Å².